The fourth-order valence-corrected chi connectivity index (χ4v) is 1.50. The number of carboxylic acid groups (broad SMARTS) is 1. The van der Waals surface area contributed by atoms with E-state index < -0.39 is 5.97 Å². The van der Waals surface area contributed by atoms with Crippen molar-refractivity contribution < 1.29 is 19.2 Å². The number of aromatic nitrogens is 1. The molecule has 0 radical (unpaired) electrons. The van der Waals surface area contributed by atoms with Gasteiger partial charge in [-0.3, -0.25) is 0 Å². The zero-order chi connectivity index (χ0) is 11.0. The van der Waals surface area contributed by atoms with Gasteiger partial charge in [-0.15, -0.1) is 0 Å². The SMILES string of the molecule is COc1ccc(C(=O)O)c2onc(C)c12. The van der Waals surface area contributed by atoms with Crippen molar-refractivity contribution >= 4 is 16.9 Å². The second-order valence-corrected chi connectivity index (χ2v) is 3.09. The van der Waals surface area contributed by atoms with E-state index in [-0.39, 0.29) is 11.1 Å². The van der Waals surface area contributed by atoms with Gasteiger partial charge in [-0.05, 0) is 19.1 Å². The average molecular weight is 207 g/mol. The van der Waals surface area contributed by atoms with Crippen LogP contribution in [0.3, 0.4) is 0 Å². The molecule has 0 aliphatic rings. The Labute approximate surface area is 85.2 Å². The molecular weight excluding hydrogens is 198 g/mol. The molecule has 0 fully saturated rings. The number of ether oxygens (including phenoxy) is 1. The van der Waals surface area contributed by atoms with Crippen LogP contribution in [0.25, 0.3) is 11.0 Å². The molecule has 0 atom stereocenters. The highest BCUT2D eigenvalue weighted by Gasteiger charge is 2.18. The van der Waals surface area contributed by atoms with Gasteiger partial charge in [0.05, 0.1) is 18.2 Å². The number of nitrogens with zero attached hydrogens (tertiary/aromatic N) is 1. The van der Waals surface area contributed by atoms with Crippen LogP contribution in [-0.4, -0.2) is 23.3 Å². The predicted octanol–water partition coefficient (Wildman–Crippen LogP) is 1.84. The van der Waals surface area contributed by atoms with Gasteiger partial charge in [-0.1, -0.05) is 5.16 Å². The number of benzene rings is 1. The summed E-state index contributed by atoms with van der Waals surface area (Å²) in [4.78, 5) is 10.9. The zero-order valence-corrected chi connectivity index (χ0v) is 8.27. The lowest BCUT2D eigenvalue weighted by Gasteiger charge is -2.02. The van der Waals surface area contributed by atoms with Gasteiger partial charge >= 0.3 is 5.97 Å². The highest BCUT2D eigenvalue weighted by molar-refractivity contribution is 6.03. The number of rotatable bonds is 2. The summed E-state index contributed by atoms with van der Waals surface area (Å²) in [6.07, 6.45) is 0. The molecule has 1 aromatic carbocycles. The van der Waals surface area contributed by atoms with E-state index in [1.165, 1.54) is 13.2 Å². The lowest BCUT2D eigenvalue weighted by Crippen LogP contribution is -1.97. The molecule has 0 saturated heterocycles. The molecule has 1 N–H and O–H groups in total. The van der Waals surface area contributed by atoms with Crippen LogP contribution < -0.4 is 4.74 Å². The molecule has 0 unspecified atom stereocenters. The van der Waals surface area contributed by atoms with Gasteiger partial charge < -0.3 is 14.4 Å². The van der Waals surface area contributed by atoms with E-state index in [2.05, 4.69) is 5.16 Å². The Kier molecular flexibility index (Phi) is 2.07. The van der Waals surface area contributed by atoms with Crippen molar-refractivity contribution in [2.75, 3.05) is 7.11 Å². The van der Waals surface area contributed by atoms with E-state index in [1.807, 2.05) is 0 Å². The highest BCUT2D eigenvalue weighted by atomic mass is 16.5. The molecule has 0 aliphatic carbocycles. The molecule has 1 aromatic heterocycles. The van der Waals surface area contributed by atoms with Gasteiger partial charge in [0.25, 0.3) is 0 Å². The maximum Gasteiger partial charge on any atom is 0.339 e. The average Bonchev–Trinajstić information content (AvgIpc) is 2.60. The Morgan fingerprint density at radius 3 is 2.87 bits per heavy atom. The van der Waals surface area contributed by atoms with E-state index in [1.54, 1.807) is 13.0 Å². The Morgan fingerprint density at radius 2 is 2.27 bits per heavy atom. The Balaban J connectivity index is 2.85. The van der Waals surface area contributed by atoms with Crippen molar-refractivity contribution in [3.8, 4) is 5.75 Å². The van der Waals surface area contributed by atoms with Gasteiger partial charge in [0.15, 0.2) is 5.58 Å². The highest BCUT2D eigenvalue weighted by Crippen LogP contribution is 2.30. The van der Waals surface area contributed by atoms with Crippen molar-refractivity contribution in [3.63, 3.8) is 0 Å². The number of aromatic carboxylic acids is 1. The van der Waals surface area contributed by atoms with Crippen molar-refractivity contribution in [1.29, 1.82) is 0 Å². The van der Waals surface area contributed by atoms with Crippen LogP contribution in [0.1, 0.15) is 16.1 Å². The topological polar surface area (TPSA) is 72.6 Å². The molecule has 0 amide bonds. The van der Waals surface area contributed by atoms with Crippen molar-refractivity contribution in [1.82, 2.24) is 5.16 Å². The van der Waals surface area contributed by atoms with Crippen LogP contribution >= 0.6 is 0 Å². The molecule has 2 aromatic rings. The fraction of sp³-hybridized carbons (Fsp3) is 0.200. The van der Waals surface area contributed by atoms with Gasteiger partial charge in [0.2, 0.25) is 0 Å². The molecule has 0 saturated carbocycles. The molecule has 0 aliphatic heterocycles. The van der Waals surface area contributed by atoms with E-state index in [0.29, 0.717) is 16.8 Å². The molecule has 1 heterocycles. The first-order chi connectivity index (χ1) is 7.15. The summed E-state index contributed by atoms with van der Waals surface area (Å²) in [5.74, 6) is -0.479. The summed E-state index contributed by atoms with van der Waals surface area (Å²) < 4.78 is 10.1. The van der Waals surface area contributed by atoms with Crippen LogP contribution in [0.15, 0.2) is 16.7 Å². The smallest absolute Gasteiger partial charge is 0.339 e. The Hall–Kier alpha value is -2.04. The summed E-state index contributed by atoms with van der Waals surface area (Å²) in [5.41, 5.74) is 0.954. The molecule has 0 spiro atoms. The molecular formula is C10H9NO4. The van der Waals surface area contributed by atoms with Crippen LogP contribution in [0.4, 0.5) is 0 Å². The minimum Gasteiger partial charge on any atom is -0.496 e. The summed E-state index contributed by atoms with van der Waals surface area (Å²) in [6.45, 7) is 1.74. The molecule has 5 heteroatoms. The van der Waals surface area contributed by atoms with Crippen LogP contribution in [0, 0.1) is 6.92 Å². The number of methoxy groups -OCH3 is 1. The first-order valence-corrected chi connectivity index (χ1v) is 4.31. The molecule has 2 rings (SSSR count). The number of carboxylic acids is 1. The predicted molar refractivity (Wildman–Crippen MR) is 52.3 cm³/mol. The quantitative estimate of drug-likeness (QED) is 0.813. The summed E-state index contributed by atoms with van der Waals surface area (Å²) >= 11 is 0. The van der Waals surface area contributed by atoms with Crippen LogP contribution in [-0.2, 0) is 0 Å². The molecule has 78 valence electrons. The van der Waals surface area contributed by atoms with Gasteiger partial charge in [-0.2, -0.15) is 0 Å². The number of hydrogen-bond donors (Lipinski definition) is 1. The summed E-state index contributed by atoms with van der Waals surface area (Å²) in [7, 11) is 1.52. The summed E-state index contributed by atoms with van der Waals surface area (Å²) in [6, 6.07) is 3.03. The van der Waals surface area contributed by atoms with E-state index in [9.17, 15) is 4.79 Å². The van der Waals surface area contributed by atoms with Gasteiger partial charge in [-0.25, -0.2) is 4.79 Å². The normalized spacial score (nSPS) is 10.5. The van der Waals surface area contributed by atoms with E-state index >= 15 is 0 Å². The minimum absolute atomic E-state index is 0.0893. The number of hydrogen-bond acceptors (Lipinski definition) is 4. The second-order valence-electron chi connectivity index (χ2n) is 3.09. The third-order valence-electron chi connectivity index (χ3n) is 2.21. The van der Waals surface area contributed by atoms with Crippen LogP contribution in [0.5, 0.6) is 5.75 Å². The zero-order valence-electron chi connectivity index (χ0n) is 8.27. The molecule has 0 bridgehead atoms. The van der Waals surface area contributed by atoms with Crippen molar-refractivity contribution in [3.05, 3.63) is 23.4 Å². The summed E-state index contributed by atoms with van der Waals surface area (Å²) in [5, 5.41) is 13.3. The first-order valence-electron chi connectivity index (χ1n) is 4.31. The van der Waals surface area contributed by atoms with Crippen molar-refractivity contribution in [2.45, 2.75) is 6.92 Å². The Morgan fingerprint density at radius 1 is 1.53 bits per heavy atom. The second kappa shape index (κ2) is 3.27. The largest absolute Gasteiger partial charge is 0.496 e. The van der Waals surface area contributed by atoms with Gasteiger partial charge in [0, 0.05) is 0 Å². The molecule has 5 nitrogen and oxygen atoms in total. The lowest BCUT2D eigenvalue weighted by molar-refractivity contribution is 0.0697. The lowest BCUT2D eigenvalue weighted by atomic mass is 10.1. The van der Waals surface area contributed by atoms with Crippen LogP contribution in [0.2, 0.25) is 0 Å². The Bertz CT molecular complexity index is 529. The number of carbonyl (C=O) groups is 1. The van der Waals surface area contributed by atoms with Gasteiger partial charge in [0.1, 0.15) is 11.3 Å². The van der Waals surface area contributed by atoms with E-state index in [0.717, 1.165) is 0 Å². The standard InChI is InChI=1S/C10H9NO4/c1-5-8-7(14-2)4-3-6(10(12)13)9(8)15-11-5/h3-4H,1-2H3,(H,12,13). The third-order valence-corrected chi connectivity index (χ3v) is 2.21. The fourth-order valence-electron chi connectivity index (χ4n) is 1.50. The van der Waals surface area contributed by atoms with E-state index in [4.69, 9.17) is 14.4 Å². The number of aryl methyl sites for hydroxylation is 1. The molecule has 15 heavy (non-hydrogen) atoms. The monoisotopic (exact) mass is 207 g/mol. The third kappa shape index (κ3) is 1.32. The number of fused-ring (bicyclic) bond motifs is 1. The maximum absolute atomic E-state index is 10.9. The first kappa shape index (κ1) is 9.51. The van der Waals surface area contributed by atoms with Crippen molar-refractivity contribution in [2.24, 2.45) is 0 Å². The minimum atomic E-state index is -1.04. The maximum atomic E-state index is 10.9.